The number of amides is 1. The fraction of sp³-hybridized carbons (Fsp3) is 0.462. The van der Waals surface area contributed by atoms with Gasteiger partial charge in [0.1, 0.15) is 0 Å². The van der Waals surface area contributed by atoms with Gasteiger partial charge in [-0.05, 0) is 37.5 Å². The van der Waals surface area contributed by atoms with Gasteiger partial charge in [-0.15, -0.1) is 0 Å². The second-order valence-electron chi connectivity index (χ2n) is 5.52. The number of nitro groups is 1. The lowest BCUT2D eigenvalue weighted by molar-refractivity contribution is -0.386. The van der Waals surface area contributed by atoms with Gasteiger partial charge < -0.3 is 10.0 Å². The molecule has 1 amide bonds. The number of hydrogen-bond donors (Lipinski definition) is 1. The van der Waals surface area contributed by atoms with Crippen LogP contribution in [-0.4, -0.2) is 33.6 Å². The highest BCUT2D eigenvalue weighted by molar-refractivity contribution is 5.83. The first kappa shape index (κ1) is 16.1. The molecule has 22 heavy (non-hydrogen) atoms. The minimum absolute atomic E-state index is 0.0755. The van der Waals surface area contributed by atoms with Crippen LogP contribution in [-0.2, 0) is 16.8 Å². The highest BCUT2D eigenvalue weighted by atomic mass is 19.4. The van der Waals surface area contributed by atoms with Crippen LogP contribution in [0, 0.1) is 10.1 Å². The lowest BCUT2D eigenvalue weighted by Gasteiger charge is -2.43. The normalized spacial score (nSPS) is 17.0. The van der Waals surface area contributed by atoms with E-state index in [0.717, 1.165) is 6.07 Å². The summed E-state index contributed by atoms with van der Waals surface area (Å²) < 4.78 is 38.1. The van der Waals surface area contributed by atoms with Gasteiger partial charge in [-0.1, -0.05) is 0 Å². The van der Waals surface area contributed by atoms with Crippen molar-refractivity contribution < 1.29 is 28.0 Å². The van der Waals surface area contributed by atoms with Gasteiger partial charge in [0.2, 0.25) is 0 Å². The fourth-order valence-corrected chi connectivity index (χ4v) is 2.71. The van der Waals surface area contributed by atoms with Crippen LogP contribution in [0.2, 0.25) is 0 Å². The summed E-state index contributed by atoms with van der Waals surface area (Å²) in [6, 6.07) is 2.20. The minimum atomic E-state index is -5.02. The molecule has 1 N–H and O–H groups in total. The third-order valence-electron chi connectivity index (χ3n) is 3.82. The zero-order chi connectivity index (χ0) is 16.9. The molecule has 9 heteroatoms. The lowest BCUT2D eigenvalue weighted by Crippen LogP contribution is -2.54. The number of carbonyl (C=O) groups excluding carboxylic acids is 1. The molecule has 0 aromatic heterocycles. The van der Waals surface area contributed by atoms with Gasteiger partial charge in [-0.2, -0.15) is 13.2 Å². The van der Waals surface area contributed by atoms with Gasteiger partial charge >= 0.3 is 17.8 Å². The van der Waals surface area contributed by atoms with E-state index in [2.05, 4.69) is 0 Å². The van der Waals surface area contributed by atoms with Crippen LogP contribution < -0.4 is 0 Å². The van der Waals surface area contributed by atoms with Crippen molar-refractivity contribution in [3.8, 4) is 5.75 Å². The van der Waals surface area contributed by atoms with E-state index in [1.54, 1.807) is 0 Å². The third-order valence-corrected chi connectivity index (χ3v) is 3.82. The summed E-state index contributed by atoms with van der Waals surface area (Å²) in [5.41, 5.74) is -1.27. The van der Waals surface area contributed by atoms with Crippen molar-refractivity contribution in [1.82, 2.24) is 4.90 Å². The van der Waals surface area contributed by atoms with Crippen LogP contribution >= 0.6 is 0 Å². The van der Waals surface area contributed by atoms with Crippen molar-refractivity contribution in [2.24, 2.45) is 0 Å². The number of benzene rings is 1. The Labute approximate surface area is 123 Å². The summed E-state index contributed by atoms with van der Waals surface area (Å²) in [7, 11) is 0. The predicted molar refractivity (Wildman–Crippen MR) is 69.3 cm³/mol. The maximum Gasteiger partial charge on any atom is 0.471 e. The molecule has 1 aromatic carbocycles. The van der Waals surface area contributed by atoms with E-state index in [9.17, 15) is 33.2 Å². The minimum Gasteiger partial charge on any atom is -0.502 e. The van der Waals surface area contributed by atoms with E-state index in [1.807, 2.05) is 0 Å². The van der Waals surface area contributed by atoms with Crippen molar-refractivity contribution in [2.75, 3.05) is 6.54 Å². The summed E-state index contributed by atoms with van der Waals surface area (Å²) in [5.74, 6) is -2.53. The Morgan fingerprint density at radius 3 is 2.50 bits per heavy atom. The van der Waals surface area contributed by atoms with Gasteiger partial charge in [0, 0.05) is 12.6 Å². The molecule has 0 saturated carbocycles. The number of hydrogen-bond acceptors (Lipinski definition) is 4. The average Bonchev–Trinajstić information content (AvgIpc) is 2.35. The number of halogens is 3. The number of fused-ring (bicyclic) bond motifs is 1. The molecule has 1 aliphatic heterocycles. The van der Waals surface area contributed by atoms with Crippen molar-refractivity contribution in [3.05, 3.63) is 33.4 Å². The van der Waals surface area contributed by atoms with Gasteiger partial charge in [0.15, 0.2) is 5.75 Å². The summed E-state index contributed by atoms with van der Waals surface area (Å²) in [5, 5.41) is 20.5. The van der Waals surface area contributed by atoms with E-state index in [0.29, 0.717) is 10.5 Å². The first-order valence-corrected chi connectivity index (χ1v) is 6.36. The number of alkyl halides is 3. The Bertz CT molecular complexity index is 655. The number of nitrogens with zero attached hydrogens (tertiary/aromatic N) is 2. The molecule has 2 rings (SSSR count). The summed E-state index contributed by atoms with van der Waals surface area (Å²) in [6.07, 6.45) is -4.94. The Balaban J connectivity index is 2.55. The maximum atomic E-state index is 12.7. The number of carbonyl (C=O) groups is 1. The first-order chi connectivity index (χ1) is 9.96. The zero-order valence-electron chi connectivity index (χ0n) is 11.8. The molecule has 1 heterocycles. The Morgan fingerprint density at radius 1 is 1.41 bits per heavy atom. The third kappa shape index (κ3) is 2.46. The standard InChI is InChI=1S/C13H13F3N2O4/c1-12(2)8-6-9(18(21)22)10(19)5-7(8)3-4-17(12)11(20)13(14,15)16/h5-6,19H,3-4H2,1-2H3. The van der Waals surface area contributed by atoms with Gasteiger partial charge in [-0.25, -0.2) is 0 Å². The van der Waals surface area contributed by atoms with Crippen LogP contribution in [0.5, 0.6) is 5.75 Å². The van der Waals surface area contributed by atoms with Crippen molar-refractivity contribution in [1.29, 1.82) is 0 Å². The Hall–Kier alpha value is -2.32. The molecule has 0 fully saturated rings. The number of phenolic OH excluding ortho intramolecular Hbond substituents is 1. The molecule has 120 valence electrons. The zero-order valence-corrected chi connectivity index (χ0v) is 11.8. The SMILES string of the molecule is CC1(C)c2cc([N+](=O)[O-])c(O)cc2CCN1C(=O)C(F)(F)F. The van der Waals surface area contributed by atoms with Crippen molar-refractivity contribution in [3.63, 3.8) is 0 Å². The molecular weight excluding hydrogens is 305 g/mol. The Morgan fingerprint density at radius 2 is 2.00 bits per heavy atom. The van der Waals surface area contributed by atoms with Crippen LogP contribution in [0.4, 0.5) is 18.9 Å². The van der Waals surface area contributed by atoms with Gasteiger partial charge in [-0.3, -0.25) is 14.9 Å². The second kappa shape index (κ2) is 4.85. The van der Waals surface area contributed by atoms with Gasteiger partial charge in [0.25, 0.3) is 0 Å². The largest absolute Gasteiger partial charge is 0.502 e. The first-order valence-electron chi connectivity index (χ1n) is 6.36. The van der Waals surface area contributed by atoms with E-state index >= 15 is 0 Å². The second-order valence-corrected chi connectivity index (χ2v) is 5.52. The Kier molecular flexibility index (Phi) is 3.54. The summed E-state index contributed by atoms with van der Waals surface area (Å²) in [6.45, 7) is 2.58. The highest BCUT2D eigenvalue weighted by Crippen LogP contribution is 2.41. The fourth-order valence-electron chi connectivity index (χ4n) is 2.71. The molecule has 1 aromatic rings. The monoisotopic (exact) mass is 318 g/mol. The van der Waals surface area contributed by atoms with E-state index in [1.165, 1.54) is 19.9 Å². The molecule has 0 bridgehead atoms. The quantitative estimate of drug-likeness (QED) is 0.637. The molecule has 1 aliphatic rings. The van der Waals surface area contributed by atoms with Gasteiger partial charge in [0.05, 0.1) is 10.5 Å². The number of aromatic hydroxyl groups is 1. The molecule has 0 spiro atoms. The van der Waals surface area contributed by atoms with Crippen LogP contribution in [0.15, 0.2) is 12.1 Å². The molecule has 6 nitrogen and oxygen atoms in total. The molecular formula is C13H13F3N2O4. The molecule has 0 radical (unpaired) electrons. The number of phenols is 1. The van der Waals surface area contributed by atoms with Crippen molar-refractivity contribution in [2.45, 2.75) is 32.0 Å². The number of rotatable bonds is 1. The highest BCUT2D eigenvalue weighted by Gasteiger charge is 2.49. The topological polar surface area (TPSA) is 83.7 Å². The summed E-state index contributed by atoms with van der Waals surface area (Å²) >= 11 is 0. The maximum absolute atomic E-state index is 12.7. The predicted octanol–water partition coefficient (Wildman–Crippen LogP) is 2.48. The molecule has 0 aliphatic carbocycles. The van der Waals surface area contributed by atoms with Crippen LogP contribution in [0.25, 0.3) is 0 Å². The average molecular weight is 318 g/mol. The lowest BCUT2D eigenvalue weighted by atomic mass is 9.82. The van der Waals surface area contributed by atoms with E-state index in [4.69, 9.17) is 0 Å². The van der Waals surface area contributed by atoms with E-state index in [-0.39, 0.29) is 18.5 Å². The van der Waals surface area contributed by atoms with Crippen LogP contribution in [0.3, 0.4) is 0 Å². The molecule has 0 atom stereocenters. The van der Waals surface area contributed by atoms with E-state index < -0.39 is 34.0 Å². The van der Waals surface area contributed by atoms with Crippen LogP contribution in [0.1, 0.15) is 25.0 Å². The van der Waals surface area contributed by atoms with Crippen molar-refractivity contribution >= 4 is 11.6 Å². The molecule has 0 saturated heterocycles. The molecule has 0 unspecified atom stereocenters. The summed E-state index contributed by atoms with van der Waals surface area (Å²) in [4.78, 5) is 22.3. The smallest absolute Gasteiger partial charge is 0.471 e. The number of nitro benzene ring substituents is 1.